The van der Waals surface area contributed by atoms with Gasteiger partial charge in [-0.05, 0) is 13.0 Å². The lowest BCUT2D eigenvalue weighted by atomic mass is 10.2. The Bertz CT molecular complexity index is 582. The maximum absolute atomic E-state index is 13.5. The predicted octanol–water partition coefficient (Wildman–Crippen LogP) is 2.38. The van der Waals surface area contributed by atoms with E-state index >= 15 is 0 Å². The fourth-order valence-corrected chi connectivity index (χ4v) is 1.58. The fourth-order valence-electron chi connectivity index (χ4n) is 1.58. The summed E-state index contributed by atoms with van der Waals surface area (Å²) in [7, 11) is 0. The first-order chi connectivity index (χ1) is 8.59. The molecule has 94 valence electrons. The van der Waals surface area contributed by atoms with Crippen LogP contribution in [0.2, 0.25) is 0 Å². The van der Waals surface area contributed by atoms with E-state index in [2.05, 4.69) is 15.5 Å². The van der Waals surface area contributed by atoms with E-state index in [9.17, 15) is 14.5 Å². The van der Waals surface area contributed by atoms with Gasteiger partial charge in [-0.3, -0.25) is 15.2 Å². The molecule has 0 aliphatic heterocycles. The van der Waals surface area contributed by atoms with Gasteiger partial charge in [-0.2, -0.15) is 5.10 Å². The van der Waals surface area contributed by atoms with Gasteiger partial charge in [0.25, 0.3) is 5.69 Å². The molecule has 7 heteroatoms. The van der Waals surface area contributed by atoms with Crippen LogP contribution < -0.4 is 5.32 Å². The van der Waals surface area contributed by atoms with Gasteiger partial charge in [-0.25, -0.2) is 4.39 Å². The summed E-state index contributed by atoms with van der Waals surface area (Å²) in [5.74, 6) is -0.648. The van der Waals surface area contributed by atoms with Crippen LogP contribution in [0.5, 0.6) is 0 Å². The molecule has 0 saturated heterocycles. The highest BCUT2D eigenvalue weighted by molar-refractivity contribution is 5.62. The molecule has 18 heavy (non-hydrogen) atoms. The maximum atomic E-state index is 13.5. The Morgan fingerprint density at radius 2 is 2.33 bits per heavy atom. The molecule has 0 aliphatic carbocycles. The SMILES string of the molecule is Cc1[nH]ncc1CNc1c(F)cccc1[N+](=O)[O-]. The van der Waals surface area contributed by atoms with Crippen molar-refractivity contribution in [3.8, 4) is 0 Å². The highest BCUT2D eigenvalue weighted by Gasteiger charge is 2.17. The van der Waals surface area contributed by atoms with Crippen molar-refractivity contribution in [1.29, 1.82) is 0 Å². The molecule has 6 nitrogen and oxygen atoms in total. The van der Waals surface area contributed by atoms with Crippen molar-refractivity contribution in [1.82, 2.24) is 10.2 Å². The molecule has 2 N–H and O–H groups in total. The first-order valence-electron chi connectivity index (χ1n) is 5.25. The molecule has 0 bridgehead atoms. The van der Waals surface area contributed by atoms with Crippen molar-refractivity contribution < 1.29 is 9.31 Å². The summed E-state index contributed by atoms with van der Waals surface area (Å²) in [5, 5.41) is 20.1. The number of H-pyrrole nitrogens is 1. The monoisotopic (exact) mass is 250 g/mol. The number of hydrogen-bond acceptors (Lipinski definition) is 4. The van der Waals surface area contributed by atoms with E-state index in [0.29, 0.717) is 0 Å². The first kappa shape index (κ1) is 12.0. The lowest BCUT2D eigenvalue weighted by Crippen LogP contribution is -2.05. The number of halogens is 1. The average Bonchev–Trinajstić information content (AvgIpc) is 2.73. The first-order valence-corrected chi connectivity index (χ1v) is 5.25. The van der Waals surface area contributed by atoms with Crippen LogP contribution in [-0.4, -0.2) is 15.1 Å². The predicted molar refractivity (Wildman–Crippen MR) is 63.7 cm³/mol. The van der Waals surface area contributed by atoms with E-state index in [-0.39, 0.29) is 17.9 Å². The Kier molecular flexibility index (Phi) is 3.22. The number of rotatable bonds is 4. The normalized spacial score (nSPS) is 10.3. The molecule has 1 heterocycles. The molecule has 1 aromatic heterocycles. The van der Waals surface area contributed by atoms with Crippen LogP contribution in [0.3, 0.4) is 0 Å². The van der Waals surface area contributed by atoms with Gasteiger partial charge in [0, 0.05) is 23.9 Å². The third-order valence-electron chi connectivity index (χ3n) is 2.58. The number of anilines is 1. The summed E-state index contributed by atoms with van der Waals surface area (Å²) in [6.07, 6.45) is 1.59. The molecule has 0 radical (unpaired) electrons. The van der Waals surface area contributed by atoms with Crippen LogP contribution in [0.4, 0.5) is 15.8 Å². The van der Waals surface area contributed by atoms with Crippen LogP contribution in [0.1, 0.15) is 11.3 Å². The van der Waals surface area contributed by atoms with E-state index in [4.69, 9.17) is 0 Å². The molecule has 0 spiro atoms. The standard InChI is InChI=1S/C11H11FN4O2/c1-7-8(6-14-15-7)5-13-11-9(12)3-2-4-10(11)16(17)18/h2-4,6,13H,5H2,1H3,(H,14,15). The summed E-state index contributed by atoms with van der Waals surface area (Å²) in [6.45, 7) is 2.09. The molecule has 0 unspecified atom stereocenters. The zero-order valence-corrected chi connectivity index (χ0v) is 9.61. The van der Waals surface area contributed by atoms with Gasteiger partial charge in [0.1, 0.15) is 5.69 Å². The van der Waals surface area contributed by atoms with Crippen molar-refractivity contribution in [2.24, 2.45) is 0 Å². The van der Waals surface area contributed by atoms with Crippen molar-refractivity contribution in [3.05, 3.63) is 51.6 Å². The van der Waals surface area contributed by atoms with Crippen molar-refractivity contribution in [2.45, 2.75) is 13.5 Å². The Morgan fingerprint density at radius 3 is 2.94 bits per heavy atom. The minimum Gasteiger partial charge on any atom is -0.373 e. The Morgan fingerprint density at radius 1 is 1.56 bits per heavy atom. The van der Waals surface area contributed by atoms with Crippen LogP contribution in [0.15, 0.2) is 24.4 Å². The van der Waals surface area contributed by atoms with Gasteiger partial charge < -0.3 is 5.32 Å². The highest BCUT2D eigenvalue weighted by atomic mass is 19.1. The minimum atomic E-state index is -0.648. The van der Waals surface area contributed by atoms with Crippen molar-refractivity contribution >= 4 is 11.4 Å². The van der Waals surface area contributed by atoms with Gasteiger partial charge >= 0.3 is 0 Å². The largest absolute Gasteiger partial charge is 0.373 e. The second kappa shape index (κ2) is 4.82. The lowest BCUT2D eigenvalue weighted by Gasteiger charge is -2.07. The molecule has 2 rings (SSSR count). The van der Waals surface area contributed by atoms with Crippen LogP contribution in [-0.2, 0) is 6.54 Å². The summed E-state index contributed by atoms with van der Waals surface area (Å²) < 4.78 is 13.5. The molecular formula is C11H11FN4O2. The van der Waals surface area contributed by atoms with Gasteiger partial charge in [-0.1, -0.05) is 6.07 Å². The molecule has 0 aliphatic rings. The molecule has 0 amide bonds. The lowest BCUT2D eigenvalue weighted by molar-refractivity contribution is -0.384. The number of nitrogens with zero attached hydrogens (tertiary/aromatic N) is 2. The molecule has 0 saturated carbocycles. The molecule has 2 aromatic rings. The third-order valence-corrected chi connectivity index (χ3v) is 2.58. The molecular weight excluding hydrogens is 239 g/mol. The summed E-state index contributed by atoms with van der Waals surface area (Å²) in [5.41, 5.74) is 1.27. The van der Waals surface area contributed by atoms with Gasteiger partial charge in [0.05, 0.1) is 11.1 Å². The number of nitrogens with one attached hydrogen (secondary N) is 2. The Labute approximate surface area is 102 Å². The van der Waals surface area contributed by atoms with Crippen LogP contribution in [0, 0.1) is 22.9 Å². The number of nitro groups is 1. The molecule has 0 atom stereocenters. The second-order valence-electron chi connectivity index (χ2n) is 3.76. The number of aromatic nitrogens is 2. The zero-order chi connectivity index (χ0) is 13.1. The van der Waals surface area contributed by atoms with E-state index in [0.717, 1.165) is 11.3 Å². The maximum Gasteiger partial charge on any atom is 0.295 e. The topological polar surface area (TPSA) is 83.8 Å². The second-order valence-corrected chi connectivity index (χ2v) is 3.76. The molecule has 1 aromatic carbocycles. The highest BCUT2D eigenvalue weighted by Crippen LogP contribution is 2.27. The number of aryl methyl sites for hydroxylation is 1. The Balaban J connectivity index is 2.24. The Hall–Kier alpha value is -2.44. The van der Waals surface area contributed by atoms with Crippen LogP contribution >= 0.6 is 0 Å². The van der Waals surface area contributed by atoms with Gasteiger partial charge in [0.2, 0.25) is 0 Å². The van der Waals surface area contributed by atoms with E-state index in [1.165, 1.54) is 18.2 Å². The number of para-hydroxylation sites is 1. The van der Waals surface area contributed by atoms with Gasteiger partial charge in [-0.15, -0.1) is 0 Å². The number of nitro benzene ring substituents is 1. The molecule has 0 fully saturated rings. The van der Waals surface area contributed by atoms with E-state index < -0.39 is 10.7 Å². The number of aromatic amines is 1. The minimum absolute atomic E-state index is 0.108. The van der Waals surface area contributed by atoms with Crippen LogP contribution in [0.25, 0.3) is 0 Å². The third kappa shape index (κ3) is 2.29. The summed E-state index contributed by atoms with van der Waals surface area (Å²) in [6, 6.07) is 3.74. The fraction of sp³-hybridized carbons (Fsp3) is 0.182. The smallest absolute Gasteiger partial charge is 0.295 e. The summed E-state index contributed by atoms with van der Waals surface area (Å²) >= 11 is 0. The number of hydrogen-bond donors (Lipinski definition) is 2. The summed E-state index contributed by atoms with van der Waals surface area (Å²) in [4.78, 5) is 10.2. The van der Waals surface area contributed by atoms with E-state index in [1.54, 1.807) is 6.20 Å². The quantitative estimate of drug-likeness (QED) is 0.644. The van der Waals surface area contributed by atoms with Crippen molar-refractivity contribution in [2.75, 3.05) is 5.32 Å². The zero-order valence-electron chi connectivity index (χ0n) is 9.61. The number of benzene rings is 1. The van der Waals surface area contributed by atoms with Crippen molar-refractivity contribution in [3.63, 3.8) is 0 Å². The van der Waals surface area contributed by atoms with Gasteiger partial charge in [0.15, 0.2) is 5.82 Å². The average molecular weight is 250 g/mol. The van der Waals surface area contributed by atoms with E-state index in [1.807, 2.05) is 6.92 Å².